The van der Waals surface area contributed by atoms with E-state index in [0.29, 0.717) is 31.2 Å². The highest BCUT2D eigenvalue weighted by Gasteiger charge is 2.28. The number of hydrogen-bond acceptors (Lipinski definition) is 5. The van der Waals surface area contributed by atoms with Gasteiger partial charge in [-0.3, -0.25) is 4.79 Å². The maximum absolute atomic E-state index is 12.9. The maximum Gasteiger partial charge on any atom is 0.255 e. The molecule has 0 atom stereocenters. The van der Waals surface area contributed by atoms with Gasteiger partial charge in [0.05, 0.1) is 9.79 Å². The van der Waals surface area contributed by atoms with E-state index in [9.17, 15) is 21.6 Å². The number of carbonyl (C=O) groups excluding carboxylic acids is 1. The van der Waals surface area contributed by atoms with Gasteiger partial charge in [-0.2, -0.15) is 4.31 Å². The molecule has 0 spiro atoms. The highest BCUT2D eigenvalue weighted by molar-refractivity contribution is 7.89. The van der Waals surface area contributed by atoms with E-state index in [1.54, 1.807) is 0 Å². The quantitative estimate of drug-likeness (QED) is 0.520. The summed E-state index contributed by atoms with van der Waals surface area (Å²) in [4.78, 5) is 12.9. The van der Waals surface area contributed by atoms with E-state index in [0.717, 1.165) is 25.7 Å². The molecule has 3 rings (SSSR count). The lowest BCUT2D eigenvalue weighted by Gasteiger charge is -2.29. The highest BCUT2D eigenvalue weighted by Crippen LogP contribution is 2.24. The first-order valence-electron chi connectivity index (χ1n) is 11.1. The standard InChI is InChI=1S/C23H31N3O5S2/c1-3-4-14-24-32(28,29)22-7-5-6-19(17-22)23(27)25-20-8-10-21(11-9-20)33(30,31)26-15-12-18(2)13-16-26/h5-11,17-18,24H,3-4,12-16H2,1-2H3,(H,25,27). The summed E-state index contributed by atoms with van der Waals surface area (Å²) < 4.78 is 54.6. The average molecular weight is 494 g/mol. The lowest BCUT2D eigenvalue weighted by molar-refractivity contribution is 0.102. The first-order valence-corrected chi connectivity index (χ1v) is 14.1. The summed E-state index contributed by atoms with van der Waals surface area (Å²) in [7, 11) is -7.27. The second kappa shape index (κ2) is 10.8. The maximum atomic E-state index is 12.9. The number of rotatable bonds is 9. The van der Waals surface area contributed by atoms with E-state index < -0.39 is 26.0 Å². The average Bonchev–Trinajstić information content (AvgIpc) is 2.80. The number of amides is 1. The number of nitrogens with zero attached hydrogens (tertiary/aromatic N) is 1. The SMILES string of the molecule is CCCCNS(=O)(=O)c1cccc(C(=O)Nc2ccc(S(=O)(=O)N3CCC(C)CC3)cc2)c1. The third-order valence-electron chi connectivity index (χ3n) is 5.72. The third kappa shape index (κ3) is 6.41. The lowest BCUT2D eigenvalue weighted by Crippen LogP contribution is -2.37. The van der Waals surface area contributed by atoms with Crippen LogP contribution in [0, 0.1) is 5.92 Å². The summed E-state index contributed by atoms with van der Waals surface area (Å²) in [5.74, 6) is 0.0379. The summed E-state index contributed by atoms with van der Waals surface area (Å²) in [5.41, 5.74) is 0.605. The zero-order valence-corrected chi connectivity index (χ0v) is 20.6. The van der Waals surface area contributed by atoms with Crippen LogP contribution < -0.4 is 10.0 Å². The zero-order chi connectivity index (χ0) is 24.1. The molecular formula is C23H31N3O5S2. The van der Waals surface area contributed by atoms with Gasteiger partial charge in [0.2, 0.25) is 20.0 Å². The second-order valence-corrected chi connectivity index (χ2v) is 12.0. The van der Waals surface area contributed by atoms with Crippen LogP contribution in [-0.2, 0) is 20.0 Å². The van der Waals surface area contributed by atoms with Gasteiger partial charge in [-0.15, -0.1) is 0 Å². The lowest BCUT2D eigenvalue weighted by atomic mass is 10.0. The van der Waals surface area contributed by atoms with Gasteiger partial charge in [0.15, 0.2) is 0 Å². The minimum Gasteiger partial charge on any atom is -0.322 e. The van der Waals surface area contributed by atoms with E-state index >= 15 is 0 Å². The minimum absolute atomic E-state index is 0.0172. The molecule has 2 aromatic rings. The van der Waals surface area contributed by atoms with E-state index in [4.69, 9.17) is 0 Å². The molecule has 2 aromatic carbocycles. The molecule has 1 saturated heterocycles. The Hall–Kier alpha value is -2.27. The number of carbonyl (C=O) groups is 1. The van der Waals surface area contributed by atoms with Crippen molar-refractivity contribution in [3.8, 4) is 0 Å². The van der Waals surface area contributed by atoms with Crippen molar-refractivity contribution < 1.29 is 21.6 Å². The van der Waals surface area contributed by atoms with Gasteiger partial charge in [0.1, 0.15) is 0 Å². The number of hydrogen-bond donors (Lipinski definition) is 2. The van der Waals surface area contributed by atoms with Gasteiger partial charge < -0.3 is 5.32 Å². The molecule has 0 saturated carbocycles. The molecule has 1 amide bonds. The van der Waals surface area contributed by atoms with Crippen molar-refractivity contribution in [3.63, 3.8) is 0 Å². The zero-order valence-electron chi connectivity index (χ0n) is 19.0. The molecule has 10 heteroatoms. The Morgan fingerprint density at radius 2 is 1.67 bits per heavy atom. The topological polar surface area (TPSA) is 113 Å². The number of piperidine rings is 1. The summed E-state index contributed by atoms with van der Waals surface area (Å²) in [6, 6.07) is 11.8. The van der Waals surface area contributed by atoms with Gasteiger partial charge in [-0.05, 0) is 67.6 Å². The summed E-state index contributed by atoms with van der Waals surface area (Å²) in [6.07, 6.45) is 3.27. The number of anilines is 1. The number of benzene rings is 2. The predicted molar refractivity (Wildman–Crippen MR) is 128 cm³/mol. The molecule has 180 valence electrons. The Morgan fingerprint density at radius 1 is 1.00 bits per heavy atom. The molecule has 0 unspecified atom stereocenters. The van der Waals surface area contributed by atoms with Crippen molar-refractivity contribution >= 4 is 31.6 Å². The summed E-state index contributed by atoms with van der Waals surface area (Å²) in [6.45, 7) is 5.44. The molecular weight excluding hydrogens is 462 g/mol. The number of sulfonamides is 2. The molecule has 8 nitrogen and oxygen atoms in total. The van der Waals surface area contributed by atoms with Crippen molar-refractivity contribution in [2.75, 3.05) is 25.0 Å². The van der Waals surface area contributed by atoms with Crippen LogP contribution in [0.25, 0.3) is 0 Å². The van der Waals surface area contributed by atoms with Gasteiger partial charge in [0, 0.05) is 30.9 Å². The first kappa shape index (κ1) is 25.4. The van der Waals surface area contributed by atoms with E-state index in [2.05, 4.69) is 17.0 Å². The van der Waals surface area contributed by atoms with Gasteiger partial charge in [-0.1, -0.05) is 26.3 Å². The summed E-state index contributed by atoms with van der Waals surface area (Å²) >= 11 is 0. The highest BCUT2D eigenvalue weighted by atomic mass is 32.2. The number of nitrogens with one attached hydrogen (secondary N) is 2. The van der Waals surface area contributed by atoms with Crippen LogP contribution in [0.5, 0.6) is 0 Å². The van der Waals surface area contributed by atoms with Crippen LogP contribution in [0.4, 0.5) is 5.69 Å². The third-order valence-corrected chi connectivity index (χ3v) is 9.09. The Labute approximate surface area is 196 Å². The monoisotopic (exact) mass is 493 g/mol. The van der Waals surface area contributed by atoms with Crippen LogP contribution in [0.15, 0.2) is 58.3 Å². The predicted octanol–water partition coefficient (Wildman–Crippen LogP) is 3.44. The smallest absolute Gasteiger partial charge is 0.255 e. The van der Waals surface area contributed by atoms with Crippen LogP contribution >= 0.6 is 0 Å². The normalized spacial score (nSPS) is 15.9. The second-order valence-electron chi connectivity index (χ2n) is 8.34. The van der Waals surface area contributed by atoms with Gasteiger partial charge >= 0.3 is 0 Å². The Morgan fingerprint density at radius 3 is 2.30 bits per heavy atom. The Kier molecular flexibility index (Phi) is 8.28. The fraction of sp³-hybridized carbons (Fsp3) is 0.435. The van der Waals surface area contributed by atoms with Crippen molar-refractivity contribution in [1.29, 1.82) is 0 Å². The molecule has 33 heavy (non-hydrogen) atoms. The van der Waals surface area contributed by atoms with E-state index in [1.807, 2.05) is 6.92 Å². The van der Waals surface area contributed by atoms with Crippen LogP contribution in [-0.4, -0.2) is 46.7 Å². The van der Waals surface area contributed by atoms with Crippen LogP contribution in [0.1, 0.15) is 49.9 Å². The van der Waals surface area contributed by atoms with E-state index in [1.165, 1.54) is 52.8 Å². The van der Waals surface area contributed by atoms with Gasteiger partial charge in [0.25, 0.3) is 5.91 Å². The Balaban J connectivity index is 1.69. The van der Waals surface area contributed by atoms with Crippen LogP contribution in [0.3, 0.4) is 0 Å². The van der Waals surface area contributed by atoms with Crippen LogP contribution in [0.2, 0.25) is 0 Å². The number of unbranched alkanes of at least 4 members (excludes halogenated alkanes) is 1. The van der Waals surface area contributed by atoms with E-state index in [-0.39, 0.29) is 15.4 Å². The van der Waals surface area contributed by atoms with Gasteiger partial charge in [-0.25, -0.2) is 21.6 Å². The largest absolute Gasteiger partial charge is 0.322 e. The molecule has 1 fully saturated rings. The fourth-order valence-electron chi connectivity index (χ4n) is 3.56. The Bertz CT molecular complexity index is 1170. The molecule has 1 aliphatic heterocycles. The van der Waals surface area contributed by atoms with Crippen molar-refractivity contribution in [3.05, 3.63) is 54.1 Å². The van der Waals surface area contributed by atoms with Crippen molar-refractivity contribution in [1.82, 2.24) is 9.03 Å². The molecule has 2 N–H and O–H groups in total. The van der Waals surface area contributed by atoms with Crippen molar-refractivity contribution in [2.45, 2.75) is 49.3 Å². The molecule has 1 heterocycles. The molecule has 0 bridgehead atoms. The van der Waals surface area contributed by atoms with Crippen molar-refractivity contribution in [2.24, 2.45) is 5.92 Å². The fourth-order valence-corrected chi connectivity index (χ4v) is 6.15. The molecule has 0 aliphatic carbocycles. The molecule has 0 radical (unpaired) electrons. The first-order chi connectivity index (χ1) is 15.6. The molecule has 0 aromatic heterocycles. The minimum atomic E-state index is -3.70. The molecule has 1 aliphatic rings. The summed E-state index contributed by atoms with van der Waals surface area (Å²) in [5, 5.41) is 2.69.